The minimum atomic E-state index is -0.0789. The SMILES string of the molecule is CC(=O)Nc1ccc(C=C(C)CO)cc1. The van der Waals surface area contributed by atoms with Crippen molar-refractivity contribution in [2.24, 2.45) is 0 Å². The summed E-state index contributed by atoms with van der Waals surface area (Å²) in [6, 6.07) is 7.45. The number of benzene rings is 1. The molecule has 0 saturated heterocycles. The number of aliphatic hydroxyl groups excluding tert-OH is 1. The number of anilines is 1. The molecule has 1 aromatic rings. The van der Waals surface area contributed by atoms with Crippen molar-refractivity contribution >= 4 is 17.7 Å². The molecule has 0 heterocycles. The molecular formula is C12H15NO2. The molecule has 0 fully saturated rings. The summed E-state index contributed by atoms with van der Waals surface area (Å²) in [5.74, 6) is -0.0789. The molecule has 3 nitrogen and oxygen atoms in total. The molecule has 2 N–H and O–H groups in total. The molecule has 15 heavy (non-hydrogen) atoms. The summed E-state index contributed by atoms with van der Waals surface area (Å²) in [5.41, 5.74) is 2.69. The van der Waals surface area contributed by atoms with Crippen molar-refractivity contribution in [1.29, 1.82) is 0 Å². The van der Waals surface area contributed by atoms with Gasteiger partial charge in [-0.3, -0.25) is 4.79 Å². The average Bonchev–Trinajstić information content (AvgIpc) is 2.20. The fraction of sp³-hybridized carbons (Fsp3) is 0.250. The second kappa shape index (κ2) is 5.32. The molecule has 0 unspecified atom stereocenters. The number of rotatable bonds is 3. The first-order valence-electron chi connectivity index (χ1n) is 4.77. The van der Waals surface area contributed by atoms with Crippen LogP contribution in [0.1, 0.15) is 19.4 Å². The van der Waals surface area contributed by atoms with Crippen molar-refractivity contribution in [2.75, 3.05) is 11.9 Å². The molecule has 0 aliphatic rings. The zero-order valence-corrected chi connectivity index (χ0v) is 8.95. The second-order valence-corrected chi connectivity index (χ2v) is 3.45. The minimum Gasteiger partial charge on any atom is -0.392 e. The molecular weight excluding hydrogens is 190 g/mol. The zero-order valence-electron chi connectivity index (χ0n) is 8.95. The number of aliphatic hydroxyl groups is 1. The van der Waals surface area contributed by atoms with E-state index in [4.69, 9.17) is 5.11 Å². The van der Waals surface area contributed by atoms with Crippen molar-refractivity contribution in [3.8, 4) is 0 Å². The van der Waals surface area contributed by atoms with Crippen LogP contribution in [0.5, 0.6) is 0 Å². The predicted molar refractivity (Wildman–Crippen MR) is 61.5 cm³/mol. The highest BCUT2D eigenvalue weighted by Crippen LogP contribution is 2.12. The van der Waals surface area contributed by atoms with Crippen LogP contribution in [0.15, 0.2) is 29.8 Å². The van der Waals surface area contributed by atoms with E-state index in [-0.39, 0.29) is 12.5 Å². The summed E-state index contributed by atoms with van der Waals surface area (Å²) in [4.78, 5) is 10.8. The maximum absolute atomic E-state index is 10.8. The molecule has 1 aromatic carbocycles. The first-order valence-corrected chi connectivity index (χ1v) is 4.77. The third-order valence-corrected chi connectivity index (χ3v) is 1.89. The van der Waals surface area contributed by atoms with Crippen LogP contribution in [0.25, 0.3) is 6.08 Å². The quantitative estimate of drug-likeness (QED) is 0.793. The molecule has 3 heteroatoms. The fourth-order valence-electron chi connectivity index (χ4n) is 1.20. The molecule has 80 valence electrons. The monoisotopic (exact) mass is 205 g/mol. The Balaban J connectivity index is 2.76. The lowest BCUT2D eigenvalue weighted by molar-refractivity contribution is -0.114. The predicted octanol–water partition coefficient (Wildman–Crippen LogP) is 2.04. The van der Waals surface area contributed by atoms with E-state index in [0.717, 1.165) is 16.8 Å². The van der Waals surface area contributed by atoms with Gasteiger partial charge in [-0.25, -0.2) is 0 Å². The van der Waals surface area contributed by atoms with E-state index in [0.29, 0.717) is 0 Å². The van der Waals surface area contributed by atoms with E-state index < -0.39 is 0 Å². The lowest BCUT2D eigenvalue weighted by Crippen LogP contribution is -2.05. The van der Waals surface area contributed by atoms with Gasteiger partial charge in [0.05, 0.1) is 6.61 Å². The Morgan fingerprint density at radius 3 is 2.40 bits per heavy atom. The molecule has 1 amide bonds. The number of amides is 1. The molecule has 1 rings (SSSR count). The van der Waals surface area contributed by atoms with Crippen LogP contribution >= 0.6 is 0 Å². The Hall–Kier alpha value is -1.61. The van der Waals surface area contributed by atoms with E-state index in [1.807, 2.05) is 37.3 Å². The average molecular weight is 205 g/mol. The molecule has 0 saturated carbocycles. The lowest BCUT2D eigenvalue weighted by atomic mass is 10.1. The molecule has 0 spiro atoms. The molecule has 0 aliphatic carbocycles. The number of carbonyl (C=O) groups is 1. The standard InChI is InChI=1S/C12H15NO2/c1-9(8-14)7-11-3-5-12(6-4-11)13-10(2)15/h3-7,14H,8H2,1-2H3,(H,13,15). The summed E-state index contributed by atoms with van der Waals surface area (Å²) < 4.78 is 0. The minimum absolute atomic E-state index is 0.0629. The highest BCUT2D eigenvalue weighted by molar-refractivity contribution is 5.88. The normalized spacial score (nSPS) is 11.3. The summed E-state index contributed by atoms with van der Waals surface area (Å²) in [6.45, 7) is 3.40. The molecule has 0 radical (unpaired) electrons. The van der Waals surface area contributed by atoms with Crippen LogP contribution in [-0.2, 0) is 4.79 Å². The third-order valence-electron chi connectivity index (χ3n) is 1.89. The largest absolute Gasteiger partial charge is 0.392 e. The first kappa shape index (κ1) is 11.5. The molecule has 0 aromatic heterocycles. The Bertz CT molecular complexity index is 366. The van der Waals surface area contributed by atoms with Crippen molar-refractivity contribution in [3.05, 3.63) is 35.4 Å². The van der Waals surface area contributed by atoms with Crippen molar-refractivity contribution in [1.82, 2.24) is 0 Å². The van der Waals surface area contributed by atoms with Gasteiger partial charge >= 0.3 is 0 Å². The first-order chi connectivity index (χ1) is 7.11. The van der Waals surface area contributed by atoms with Gasteiger partial charge < -0.3 is 10.4 Å². The van der Waals surface area contributed by atoms with E-state index in [2.05, 4.69) is 5.32 Å². The highest BCUT2D eigenvalue weighted by atomic mass is 16.3. The van der Waals surface area contributed by atoms with E-state index in [9.17, 15) is 4.79 Å². The van der Waals surface area contributed by atoms with Crippen LogP contribution in [-0.4, -0.2) is 17.6 Å². The number of hydrogen-bond acceptors (Lipinski definition) is 2. The van der Waals surface area contributed by atoms with Gasteiger partial charge in [-0.2, -0.15) is 0 Å². The van der Waals surface area contributed by atoms with Crippen molar-refractivity contribution in [3.63, 3.8) is 0 Å². The van der Waals surface area contributed by atoms with Crippen molar-refractivity contribution < 1.29 is 9.90 Å². The summed E-state index contributed by atoms with van der Waals surface area (Å²) >= 11 is 0. The maximum atomic E-state index is 10.8. The van der Waals surface area contributed by atoms with Gasteiger partial charge in [-0.15, -0.1) is 0 Å². The Morgan fingerprint density at radius 2 is 1.93 bits per heavy atom. The van der Waals surface area contributed by atoms with E-state index in [1.165, 1.54) is 6.92 Å². The van der Waals surface area contributed by atoms with Gasteiger partial charge in [0.1, 0.15) is 0 Å². The fourth-order valence-corrected chi connectivity index (χ4v) is 1.20. The molecule has 0 aliphatic heterocycles. The Labute approximate surface area is 89.4 Å². The van der Waals surface area contributed by atoms with Gasteiger partial charge in [0.2, 0.25) is 5.91 Å². The second-order valence-electron chi connectivity index (χ2n) is 3.45. The van der Waals surface area contributed by atoms with Crippen LogP contribution in [0, 0.1) is 0 Å². The smallest absolute Gasteiger partial charge is 0.221 e. The van der Waals surface area contributed by atoms with Gasteiger partial charge in [0.15, 0.2) is 0 Å². The maximum Gasteiger partial charge on any atom is 0.221 e. The number of hydrogen-bond donors (Lipinski definition) is 2. The van der Waals surface area contributed by atoms with Gasteiger partial charge in [0.25, 0.3) is 0 Å². The zero-order chi connectivity index (χ0) is 11.3. The van der Waals surface area contributed by atoms with Crippen LogP contribution in [0.2, 0.25) is 0 Å². The summed E-state index contributed by atoms with van der Waals surface area (Å²) in [6.07, 6.45) is 1.90. The molecule has 0 atom stereocenters. The van der Waals surface area contributed by atoms with Gasteiger partial charge in [-0.05, 0) is 30.2 Å². The highest BCUT2D eigenvalue weighted by Gasteiger charge is 1.95. The van der Waals surface area contributed by atoms with Gasteiger partial charge in [0, 0.05) is 12.6 Å². The van der Waals surface area contributed by atoms with Gasteiger partial charge in [-0.1, -0.05) is 18.2 Å². The Kier molecular flexibility index (Phi) is 4.06. The van der Waals surface area contributed by atoms with Crippen molar-refractivity contribution in [2.45, 2.75) is 13.8 Å². The van der Waals surface area contributed by atoms with Crippen LogP contribution in [0.3, 0.4) is 0 Å². The summed E-state index contributed by atoms with van der Waals surface area (Å²) in [5, 5.41) is 11.5. The van der Waals surface area contributed by atoms with E-state index in [1.54, 1.807) is 0 Å². The third kappa shape index (κ3) is 3.95. The summed E-state index contributed by atoms with van der Waals surface area (Å²) in [7, 11) is 0. The number of carbonyl (C=O) groups excluding carboxylic acids is 1. The van der Waals surface area contributed by atoms with E-state index >= 15 is 0 Å². The lowest BCUT2D eigenvalue weighted by Gasteiger charge is -2.02. The topological polar surface area (TPSA) is 49.3 Å². The Morgan fingerprint density at radius 1 is 1.33 bits per heavy atom. The van der Waals surface area contributed by atoms with Crippen LogP contribution < -0.4 is 5.32 Å². The van der Waals surface area contributed by atoms with Crippen LogP contribution in [0.4, 0.5) is 5.69 Å². The molecule has 0 bridgehead atoms. The number of nitrogens with one attached hydrogen (secondary N) is 1.